The quantitative estimate of drug-likeness (QED) is 0.720. The summed E-state index contributed by atoms with van der Waals surface area (Å²) in [5, 5.41) is 3.95. The van der Waals surface area contributed by atoms with Crippen molar-refractivity contribution in [2.75, 3.05) is 6.54 Å². The lowest BCUT2D eigenvalue weighted by Crippen LogP contribution is -2.45. The number of amides is 2. The van der Waals surface area contributed by atoms with Gasteiger partial charge in [0.15, 0.2) is 5.76 Å². The normalized spacial score (nSPS) is 11.9. The molecule has 1 atom stereocenters. The summed E-state index contributed by atoms with van der Waals surface area (Å²) in [5.74, 6) is -0.720. The standard InChI is InChI=1S/C13H16N4O3S/c1-8-6-15-13(21-8)9(2)14-7-11(18)16-17-12(19)10-4-3-5-20-10/h3-6,9,14H,7H2,1-2H3,(H,16,18)(H,17,19)/t9-/m0/s1. The predicted molar refractivity (Wildman–Crippen MR) is 77.6 cm³/mol. The zero-order valence-electron chi connectivity index (χ0n) is 11.7. The molecule has 2 aromatic heterocycles. The van der Waals surface area contributed by atoms with Gasteiger partial charge in [0.1, 0.15) is 5.01 Å². The number of aromatic nitrogens is 1. The Hall–Kier alpha value is -2.19. The predicted octanol–water partition coefficient (Wildman–Crippen LogP) is 1.16. The molecule has 0 aliphatic heterocycles. The number of nitrogens with one attached hydrogen (secondary N) is 3. The van der Waals surface area contributed by atoms with E-state index in [4.69, 9.17) is 4.42 Å². The van der Waals surface area contributed by atoms with Gasteiger partial charge < -0.3 is 4.42 Å². The van der Waals surface area contributed by atoms with Crippen molar-refractivity contribution in [1.82, 2.24) is 21.2 Å². The Balaban J connectivity index is 1.71. The average Bonchev–Trinajstić information content (AvgIpc) is 3.13. The molecule has 3 N–H and O–H groups in total. The summed E-state index contributed by atoms with van der Waals surface area (Å²) in [6, 6.07) is 3.07. The van der Waals surface area contributed by atoms with Crippen molar-refractivity contribution in [3.05, 3.63) is 40.2 Å². The second-order valence-electron chi connectivity index (χ2n) is 4.39. The molecule has 112 valence electrons. The van der Waals surface area contributed by atoms with E-state index in [-0.39, 0.29) is 24.3 Å². The second kappa shape index (κ2) is 7.00. The summed E-state index contributed by atoms with van der Waals surface area (Å²) in [6.45, 7) is 3.97. The molecule has 0 unspecified atom stereocenters. The summed E-state index contributed by atoms with van der Waals surface area (Å²) < 4.78 is 4.90. The maximum absolute atomic E-state index is 11.6. The maximum atomic E-state index is 11.6. The first-order valence-electron chi connectivity index (χ1n) is 6.34. The molecule has 0 bridgehead atoms. The van der Waals surface area contributed by atoms with Crippen molar-refractivity contribution in [2.24, 2.45) is 0 Å². The number of carbonyl (C=O) groups excluding carboxylic acids is 2. The van der Waals surface area contributed by atoms with E-state index in [0.717, 1.165) is 9.88 Å². The Bertz CT molecular complexity index is 609. The zero-order valence-corrected chi connectivity index (χ0v) is 12.5. The summed E-state index contributed by atoms with van der Waals surface area (Å²) >= 11 is 1.58. The first kappa shape index (κ1) is 15.2. The number of carbonyl (C=O) groups is 2. The first-order chi connectivity index (χ1) is 10.1. The van der Waals surface area contributed by atoms with Gasteiger partial charge in [-0.2, -0.15) is 0 Å². The molecule has 0 saturated heterocycles. The highest BCUT2D eigenvalue weighted by Crippen LogP contribution is 2.18. The molecule has 2 rings (SSSR count). The lowest BCUT2D eigenvalue weighted by atomic mass is 10.3. The van der Waals surface area contributed by atoms with Crippen LogP contribution in [0.15, 0.2) is 29.0 Å². The van der Waals surface area contributed by atoms with E-state index in [1.807, 2.05) is 13.8 Å². The van der Waals surface area contributed by atoms with E-state index in [0.29, 0.717) is 0 Å². The van der Waals surface area contributed by atoms with Gasteiger partial charge in [-0.3, -0.25) is 25.8 Å². The van der Waals surface area contributed by atoms with E-state index in [1.165, 1.54) is 12.3 Å². The van der Waals surface area contributed by atoms with Gasteiger partial charge in [-0.05, 0) is 26.0 Å². The van der Waals surface area contributed by atoms with Gasteiger partial charge in [0.25, 0.3) is 5.91 Å². The van der Waals surface area contributed by atoms with Gasteiger partial charge in [-0.15, -0.1) is 11.3 Å². The van der Waals surface area contributed by atoms with Crippen LogP contribution in [0.5, 0.6) is 0 Å². The van der Waals surface area contributed by atoms with Gasteiger partial charge in [0.2, 0.25) is 0 Å². The van der Waals surface area contributed by atoms with Gasteiger partial charge in [0.05, 0.1) is 18.8 Å². The van der Waals surface area contributed by atoms with Crippen LogP contribution in [0.4, 0.5) is 0 Å². The smallest absolute Gasteiger partial charge is 0.305 e. The van der Waals surface area contributed by atoms with Gasteiger partial charge in [-0.25, -0.2) is 4.98 Å². The highest BCUT2D eigenvalue weighted by molar-refractivity contribution is 7.11. The number of furan rings is 1. The molecule has 21 heavy (non-hydrogen) atoms. The maximum Gasteiger partial charge on any atom is 0.305 e. The van der Waals surface area contributed by atoms with Crippen molar-refractivity contribution >= 4 is 23.2 Å². The second-order valence-corrected chi connectivity index (χ2v) is 5.66. The third-order valence-corrected chi connectivity index (χ3v) is 3.73. The number of hydrazine groups is 1. The van der Waals surface area contributed by atoms with E-state index in [2.05, 4.69) is 21.2 Å². The molecule has 0 fully saturated rings. The van der Waals surface area contributed by atoms with Crippen LogP contribution in [-0.4, -0.2) is 23.3 Å². The van der Waals surface area contributed by atoms with Crippen LogP contribution in [0.1, 0.15) is 33.4 Å². The Kier molecular flexibility index (Phi) is 5.07. The fourth-order valence-electron chi connectivity index (χ4n) is 1.55. The van der Waals surface area contributed by atoms with Crippen molar-refractivity contribution in [1.29, 1.82) is 0 Å². The Labute approximate surface area is 125 Å². The summed E-state index contributed by atoms with van der Waals surface area (Å²) in [6.07, 6.45) is 3.18. The van der Waals surface area contributed by atoms with Crippen LogP contribution in [0, 0.1) is 6.92 Å². The Morgan fingerprint density at radius 2 is 2.24 bits per heavy atom. The molecule has 0 aromatic carbocycles. The highest BCUT2D eigenvalue weighted by Gasteiger charge is 2.12. The number of hydrogen-bond donors (Lipinski definition) is 3. The minimum Gasteiger partial charge on any atom is -0.459 e. The van der Waals surface area contributed by atoms with Gasteiger partial charge in [0, 0.05) is 11.1 Å². The lowest BCUT2D eigenvalue weighted by molar-refractivity contribution is -0.121. The summed E-state index contributed by atoms with van der Waals surface area (Å²) in [5.41, 5.74) is 4.57. The molecule has 0 spiro atoms. The van der Waals surface area contributed by atoms with Crippen molar-refractivity contribution in [2.45, 2.75) is 19.9 Å². The topological polar surface area (TPSA) is 96.3 Å². The number of hydrogen-bond acceptors (Lipinski definition) is 6. The Morgan fingerprint density at radius 1 is 1.43 bits per heavy atom. The molecule has 0 saturated carbocycles. The van der Waals surface area contributed by atoms with Crippen LogP contribution in [-0.2, 0) is 4.79 Å². The van der Waals surface area contributed by atoms with Crippen LogP contribution < -0.4 is 16.2 Å². The number of nitrogens with zero attached hydrogens (tertiary/aromatic N) is 1. The van der Waals surface area contributed by atoms with Crippen molar-refractivity contribution in [3.8, 4) is 0 Å². The molecule has 2 heterocycles. The fraction of sp³-hybridized carbons (Fsp3) is 0.308. The van der Waals surface area contributed by atoms with E-state index in [1.54, 1.807) is 23.6 Å². The van der Waals surface area contributed by atoms with Gasteiger partial charge in [-0.1, -0.05) is 0 Å². The molecular weight excluding hydrogens is 292 g/mol. The molecule has 0 radical (unpaired) electrons. The molecule has 7 nitrogen and oxygen atoms in total. The zero-order chi connectivity index (χ0) is 15.2. The largest absolute Gasteiger partial charge is 0.459 e. The average molecular weight is 308 g/mol. The molecule has 2 amide bonds. The van der Waals surface area contributed by atoms with Gasteiger partial charge >= 0.3 is 5.91 Å². The molecular formula is C13H16N4O3S. The minimum absolute atomic E-state index is 0.0322. The SMILES string of the molecule is Cc1cnc([C@H](C)NCC(=O)NNC(=O)c2ccco2)s1. The minimum atomic E-state index is -0.503. The lowest BCUT2D eigenvalue weighted by Gasteiger charge is -2.11. The van der Waals surface area contributed by atoms with Crippen molar-refractivity contribution in [3.63, 3.8) is 0 Å². The van der Waals surface area contributed by atoms with Crippen LogP contribution in [0.25, 0.3) is 0 Å². The molecule has 0 aliphatic rings. The van der Waals surface area contributed by atoms with Crippen LogP contribution in [0.2, 0.25) is 0 Å². The van der Waals surface area contributed by atoms with E-state index in [9.17, 15) is 9.59 Å². The highest BCUT2D eigenvalue weighted by atomic mass is 32.1. The number of thiazole rings is 1. The number of rotatable bonds is 5. The third kappa shape index (κ3) is 4.40. The van der Waals surface area contributed by atoms with Crippen LogP contribution >= 0.6 is 11.3 Å². The molecule has 2 aromatic rings. The Morgan fingerprint density at radius 3 is 2.86 bits per heavy atom. The molecule has 0 aliphatic carbocycles. The third-order valence-electron chi connectivity index (χ3n) is 2.64. The fourth-order valence-corrected chi connectivity index (χ4v) is 2.35. The number of aryl methyl sites for hydroxylation is 1. The first-order valence-corrected chi connectivity index (χ1v) is 7.16. The molecule has 8 heteroatoms. The van der Waals surface area contributed by atoms with E-state index < -0.39 is 5.91 Å². The van der Waals surface area contributed by atoms with Crippen molar-refractivity contribution < 1.29 is 14.0 Å². The van der Waals surface area contributed by atoms with Crippen LogP contribution in [0.3, 0.4) is 0 Å². The summed E-state index contributed by atoms with van der Waals surface area (Å²) in [7, 11) is 0. The van der Waals surface area contributed by atoms with E-state index >= 15 is 0 Å². The summed E-state index contributed by atoms with van der Waals surface area (Å²) in [4.78, 5) is 28.5. The monoisotopic (exact) mass is 308 g/mol.